The van der Waals surface area contributed by atoms with Crippen LogP contribution in [0.1, 0.15) is 0 Å². The van der Waals surface area contributed by atoms with E-state index in [4.69, 9.17) is 35.7 Å². The number of hydrogen-bond acceptors (Lipinski definition) is 5. The molecule has 0 amide bonds. The molecule has 1 aliphatic rings. The Balaban J connectivity index is -0.0000000309. The third kappa shape index (κ3) is 97.9. The van der Waals surface area contributed by atoms with Crippen LogP contribution in [0.3, 0.4) is 0 Å². The predicted molar refractivity (Wildman–Crippen MR) is 59.3 cm³/mol. The van der Waals surface area contributed by atoms with Gasteiger partial charge in [0.25, 0.3) is 0 Å². The molecular formula is C6H18ClN3O4Si. The van der Waals surface area contributed by atoms with Crippen LogP contribution in [0.4, 0.5) is 0 Å². The van der Waals surface area contributed by atoms with E-state index in [1.807, 2.05) is 0 Å². The Morgan fingerprint density at radius 3 is 1.67 bits per heavy atom. The topological polar surface area (TPSA) is 164 Å². The molecule has 0 spiro atoms. The molecule has 1 atom stereocenters. The van der Waals surface area contributed by atoms with Crippen molar-refractivity contribution in [2.45, 2.75) is 6.10 Å². The van der Waals surface area contributed by atoms with Gasteiger partial charge in [0.2, 0.25) is 0 Å². The van der Waals surface area contributed by atoms with Crippen molar-refractivity contribution in [2.24, 2.45) is 0 Å². The smallest absolute Gasteiger partial charge is 0.511 e. The van der Waals surface area contributed by atoms with E-state index < -0.39 is 9.17 Å². The monoisotopic (exact) mass is 259 g/mol. The molecule has 1 rings (SSSR count). The Labute approximate surface area is 96.0 Å². The summed E-state index contributed by atoms with van der Waals surface area (Å²) in [6, 6.07) is 0. The normalized spacial score (nSPS) is 13.4. The van der Waals surface area contributed by atoms with Gasteiger partial charge in [-0.3, -0.25) is 4.46 Å². The fourth-order valence-electron chi connectivity index (χ4n) is 0.157. The van der Waals surface area contributed by atoms with Crippen molar-refractivity contribution in [3.63, 3.8) is 0 Å². The molecule has 1 unspecified atom stereocenters. The maximum Gasteiger partial charge on any atom is 0.761 e. The van der Waals surface area contributed by atoms with E-state index in [0.717, 1.165) is 6.61 Å². The first-order valence-corrected chi connectivity index (χ1v) is 4.85. The third-order valence-electron chi connectivity index (χ3n) is 0.574. The van der Waals surface area contributed by atoms with E-state index in [9.17, 15) is 0 Å². The van der Waals surface area contributed by atoms with Gasteiger partial charge in [-0.2, -0.15) is 0 Å². The number of alkyl halides is 1. The van der Waals surface area contributed by atoms with Gasteiger partial charge in [0.05, 0.1) is 18.6 Å². The molecule has 1 heterocycles. The summed E-state index contributed by atoms with van der Waals surface area (Å²) >= 11 is 5.27. The molecule has 0 radical (unpaired) electrons. The van der Waals surface area contributed by atoms with E-state index in [2.05, 4.69) is 19.7 Å². The maximum absolute atomic E-state index is 8.74. The molecule has 15 heavy (non-hydrogen) atoms. The zero-order chi connectivity index (χ0) is 11.3. The van der Waals surface area contributed by atoms with Gasteiger partial charge < -0.3 is 26.6 Å². The molecule has 9 heteroatoms. The predicted octanol–water partition coefficient (Wildman–Crippen LogP) is 0.276. The first-order valence-electron chi connectivity index (χ1n) is 3.02. The highest BCUT2D eigenvalue weighted by Crippen LogP contribution is 2.08. The van der Waals surface area contributed by atoms with Crippen LogP contribution in [0.15, 0.2) is 13.2 Å². The Hall–Kier alpha value is -0.983. The van der Waals surface area contributed by atoms with Gasteiger partial charge >= 0.3 is 9.17 Å². The van der Waals surface area contributed by atoms with E-state index in [-0.39, 0.29) is 12.3 Å². The van der Waals surface area contributed by atoms with Crippen molar-refractivity contribution in [3.8, 4) is 6.57 Å². The molecule has 92 valence electrons. The minimum Gasteiger partial charge on any atom is -0.511 e. The molecule has 1 aliphatic heterocycles. The number of nitrogens with zero attached hydrogens (tertiary/aromatic N) is 1. The number of hydrogen-bond donors (Lipinski definition) is 4. The zero-order valence-corrected chi connectivity index (χ0v) is 10.2. The van der Waals surface area contributed by atoms with Crippen LogP contribution in [0.25, 0.3) is 0 Å². The van der Waals surface area contributed by atoms with Crippen LogP contribution in [-0.4, -0.2) is 37.4 Å². The first-order chi connectivity index (χ1) is 6.16. The van der Waals surface area contributed by atoms with E-state index in [1.165, 1.54) is 0 Å². The molecule has 1 fully saturated rings. The quantitative estimate of drug-likeness (QED) is 0.227. The summed E-state index contributed by atoms with van der Waals surface area (Å²) in [4.78, 5) is 14.3. The number of epoxide rings is 1. The van der Waals surface area contributed by atoms with Gasteiger partial charge in [-0.25, -0.2) is 5.26 Å². The summed E-state index contributed by atoms with van der Waals surface area (Å²) in [6.07, 6.45) is 0.400. The van der Waals surface area contributed by atoms with E-state index >= 15 is 0 Å². The lowest BCUT2D eigenvalue weighted by atomic mass is 10.6. The van der Waals surface area contributed by atoms with E-state index in [0.29, 0.717) is 12.0 Å². The fourth-order valence-corrected chi connectivity index (χ4v) is 0.335. The highest BCUT2D eigenvalue weighted by molar-refractivity contribution is 6.22. The minimum absolute atomic E-state index is 0. The molecule has 0 saturated carbocycles. The van der Waals surface area contributed by atoms with Gasteiger partial charge in [0, 0.05) is 6.57 Å². The number of halogens is 1. The summed E-state index contributed by atoms with van der Waals surface area (Å²) in [7, 11) is -3.13. The Morgan fingerprint density at radius 2 is 1.67 bits per heavy atom. The number of rotatable bonds is 1. The first kappa shape index (κ1) is 29.2. The second-order valence-electron chi connectivity index (χ2n) is 1.39. The lowest BCUT2D eigenvalue weighted by Gasteiger charge is -1.67. The molecule has 0 aromatic rings. The van der Waals surface area contributed by atoms with Crippen LogP contribution in [0.5, 0.6) is 0 Å². The highest BCUT2D eigenvalue weighted by atomic mass is 35.5. The standard InChI is InChI=1S/C3H5ClO.C2H4.CHN.2H3N.H2O3Si/c4-1-3-2-5-3;2*1-2;;;1-4(2)3/h3H,1-2H2;1-2H2;1H;2*1H3;1-2H. The van der Waals surface area contributed by atoms with E-state index in [1.54, 1.807) is 0 Å². The number of ether oxygens (including phenoxy) is 1. The summed E-state index contributed by atoms with van der Waals surface area (Å²) in [5, 5.41) is 6.50. The molecule has 0 aliphatic carbocycles. The fraction of sp³-hybridized carbons (Fsp3) is 0.500. The van der Waals surface area contributed by atoms with Crippen molar-refractivity contribution in [1.82, 2.24) is 12.3 Å². The van der Waals surface area contributed by atoms with Gasteiger partial charge in [-0.1, -0.05) is 0 Å². The lowest BCUT2D eigenvalue weighted by molar-refractivity contribution is 0.330. The average molecular weight is 260 g/mol. The average Bonchev–Trinajstić information content (AvgIpc) is 2.93. The van der Waals surface area contributed by atoms with Crippen LogP contribution < -0.4 is 12.3 Å². The van der Waals surface area contributed by atoms with Crippen molar-refractivity contribution >= 4 is 20.8 Å². The SMILES string of the molecule is C#N.C=C.ClCC1CO1.N.N.O=[Si](O)O. The van der Waals surface area contributed by atoms with Crippen molar-refractivity contribution in [2.75, 3.05) is 12.5 Å². The molecular weight excluding hydrogens is 242 g/mol. The Morgan fingerprint density at radius 1 is 1.47 bits per heavy atom. The molecule has 0 aromatic heterocycles. The Kier molecular flexibility index (Phi) is 57.0. The second kappa shape index (κ2) is 29.2. The number of nitriles is 1. The van der Waals surface area contributed by atoms with Gasteiger partial charge in [0.15, 0.2) is 0 Å². The second-order valence-corrected chi connectivity index (χ2v) is 2.27. The molecule has 0 bridgehead atoms. The zero-order valence-electron chi connectivity index (χ0n) is 8.43. The molecule has 7 nitrogen and oxygen atoms in total. The van der Waals surface area contributed by atoms with Gasteiger partial charge in [0.1, 0.15) is 0 Å². The minimum atomic E-state index is -3.13. The van der Waals surface area contributed by atoms with Crippen molar-refractivity contribution in [1.29, 1.82) is 5.26 Å². The summed E-state index contributed by atoms with van der Waals surface area (Å²) in [6.45, 7) is 10.4. The summed E-state index contributed by atoms with van der Waals surface area (Å²) in [5.74, 6) is 0.667. The molecule has 8 N–H and O–H groups in total. The Bertz CT molecular complexity index is 142. The summed E-state index contributed by atoms with van der Waals surface area (Å²) in [5.41, 5.74) is 0. The van der Waals surface area contributed by atoms with Crippen molar-refractivity contribution in [3.05, 3.63) is 13.2 Å². The molecule has 1 saturated heterocycles. The van der Waals surface area contributed by atoms with Crippen LogP contribution in [-0.2, 0) is 9.20 Å². The van der Waals surface area contributed by atoms with Crippen LogP contribution in [0, 0.1) is 11.8 Å². The summed E-state index contributed by atoms with van der Waals surface area (Å²) < 4.78 is 13.5. The lowest BCUT2D eigenvalue weighted by Crippen LogP contribution is -1.90. The van der Waals surface area contributed by atoms with Crippen LogP contribution in [0.2, 0.25) is 0 Å². The maximum atomic E-state index is 8.74. The molecule has 0 aromatic carbocycles. The van der Waals surface area contributed by atoms with Crippen LogP contribution >= 0.6 is 11.6 Å². The van der Waals surface area contributed by atoms with Gasteiger partial charge in [-0.05, 0) is 0 Å². The van der Waals surface area contributed by atoms with Crippen molar-refractivity contribution < 1.29 is 18.8 Å². The largest absolute Gasteiger partial charge is 0.761 e. The third-order valence-corrected chi connectivity index (χ3v) is 0.919. The van der Waals surface area contributed by atoms with Gasteiger partial charge in [-0.15, -0.1) is 24.8 Å². The highest BCUT2D eigenvalue weighted by Gasteiger charge is 2.19.